The molecule has 7 nitrogen and oxygen atoms in total. The lowest BCUT2D eigenvalue weighted by Gasteiger charge is -2.16. The van der Waals surface area contributed by atoms with E-state index in [0.29, 0.717) is 27.9 Å². The Labute approximate surface area is 148 Å². The van der Waals surface area contributed by atoms with E-state index in [4.69, 9.17) is 9.52 Å². The molecule has 0 atom stereocenters. The summed E-state index contributed by atoms with van der Waals surface area (Å²) in [5.74, 6) is -1.32. The van der Waals surface area contributed by atoms with E-state index in [9.17, 15) is 14.4 Å². The lowest BCUT2D eigenvalue weighted by atomic mass is 10.1. The summed E-state index contributed by atoms with van der Waals surface area (Å²) in [5, 5.41) is 8.89. The quantitative estimate of drug-likeness (QED) is 0.707. The topological polar surface area (TPSA) is 101 Å². The normalized spacial score (nSPS) is 10.7. The Hall–Kier alpha value is -3.48. The van der Waals surface area contributed by atoms with Crippen LogP contribution in [0.25, 0.3) is 11.1 Å². The van der Waals surface area contributed by atoms with Crippen LogP contribution in [0, 0.1) is 0 Å². The largest absolute Gasteiger partial charge is 0.481 e. The summed E-state index contributed by atoms with van der Waals surface area (Å²) in [6.07, 6.45) is -0.124. The van der Waals surface area contributed by atoms with Crippen LogP contribution >= 0.6 is 0 Å². The zero-order valence-corrected chi connectivity index (χ0v) is 14.2. The Morgan fingerprint density at radius 3 is 2.35 bits per heavy atom. The van der Waals surface area contributed by atoms with Crippen LogP contribution in [0.4, 0.5) is 11.7 Å². The Balaban J connectivity index is 2.01. The minimum absolute atomic E-state index is 0.0706. The highest BCUT2D eigenvalue weighted by Crippen LogP contribution is 2.29. The van der Waals surface area contributed by atoms with Gasteiger partial charge in [0.1, 0.15) is 5.52 Å². The number of carbonyl (C=O) groups excluding carboxylic acids is 2. The van der Waals surface area contributed by atoms with Gasteiger partial charge in [0.25, 0.3) is 0 Å². The number of Topliss-reactive ketones (excluding diaryl/α,β-unsaturated/α-hetero) is 1. The fourth-order valence-electron chi connectivity index (χ4n) is 2.61. The van der Waals surface area contributed by atoms with Gasteiger partial charge in [-0.25, -0.2) is 4.90 Å². The second-order valence-corrected chi connectivity index (χ2v) is 5.83. The van der Waals surface area contributed by atoms with Gasteiger partial charge in [0.15, 0.2) is 11.4 Å². The minimum Gasteiger partial charge on any atom is -0.481 e. The number of carbonyl (C=O) groups is 3. The molecule has 1 amide bonds. The van der Waals surface area contributed by atoms with Gasteiger partial charge in [-0.2, -0.15) is 4.98 Å². The van der Waals surface area contributed by atoms with Crippen molar-refractivity contribution in [3.63, 3.8) is 0 Å². The van der Waals surface area contributed by atoms with Crippen molar-refractivity contribution in [2.45, 2.75) is 20.3 Å². The molecular weight excluding hydrogens is 336 g/mol. The standard InChI is InChI=1S/C19H16N2O5/c1-11(22)14-4-6-15(7-5-14)21(12(2)23)19-20-16-9-13(10-18(24)25)3-8-17(16)26-19/h3-9H,10H2,1-2H3,(H,24,25). The predicted molar refractivity (Wildman–Crippen MR) is 94.6 cm³/mol. The van der Waals surface area contributed by atoms with Gasteiger partial charge in [-0.1, -0.05) is 6.07 Å². The molecule has 132 valence electrons. The number of aliphatic carboxylic acids is 1. The molecule has 1 aromatic heterocycles. The maximum Gasteiger partial charge on any atom is 0.310 e. The van der Waals surface area contributed by atoms with Crippen LogP contribution in [-0.4, -0.2) is 27.8 Å². The molecule has 0 bridgehead atoms. The molecule has 0 fully saturated rings. The third-order valence-electron chi connectivity index (χ3n) is 3.83. The van der Waals surface area contributed by atoms with Crippen LogP contribution in [0.2, 0.25) is 0 Å². The van der Waals surface area contributed by atoms with Crippen LogP contribution < -0.4 is 4.90 Å². The molecule has 0 saturated carbocycles. The molecule has 26 heavy (non-hydrogen) atoms. The number of carboxylic acids is 1. The van der Waals surface area contributed by atoms with E-state index in [1.807, 2.05) is 0 Å². The Kier molecular flexibility index (Phi) is 4.53. The van der Waals surface area contributed by atoms with Gasteiger partial charge in [-0.3, -0.25) is 14.4 Å². The number of hydrogen-bond acceptors (Lipinski definition) is 5. The molecular formula is C19H16N2O5. The number of hydrogen-bond donors (Lipinski definition) is 1. The molecule has 0 unspecified atom stereocenters. The fourth-order valence-corrected chi connectivity index (χ4v) is 2.61. The summed E-state index contributed by atoms with van der Waals surface area (Å²) >= 11 is 0. The SMILES string of the molecule is CC(=O)c1ccc(N(C(C)=O)c2nc3cc(CC(=O)O)ccc3o2)cc1. The second kappa shape index (κ2) is 6.79. The van der Waals surface area contributed by atoms with Crippen molar-refractivity contribution in [1.82, 2.24) is 4.98 Å². The molecule has 3 rings (SSSR count). The molecule has 0 radical (unpaired) electrons. The highest BCUT2D eigenvalue weighted by atomic mass is 16.4. The Morgan fingerprint density at radius 2 is 1.77 bits per heavy atom. The molecule has 7 heteroatoms. The van der Waals surface area contributed by atoms with Gasteiger partial charge >= 0.3 is 12.0 Å². The van der Waals surface area contributed by atoms with Crippen molar-refractivity contribution in [3.8, 4) is 0 Å². The third-order valence-corrected chi connectivity index (χ3v) is 3.83. The average Bonchev–Trinajstić information content (AvgIpc) is 2.97. The first-order valence-corrected chi connectivity index (χ1v) is 7.88. The maximum absolute atomic E-state index is 12.1. The van der Waals surface area contributed by atoms with E-state index in [0.717, 1.165) is 0 Å². The van der Waals surface area contributed by atoms with Gasteiger partial charge in [-0.05, 0) is 48.9 Å². The number of ketones is 1. The molecule has 0 aliphatic heterocycles. The minimum atomic E-state index is -0.941. The van der Waals surface area contributed by atoms with Crippen molar-refractivity contribution in [3.05, 3.63) is 53.6 Å². The summed E-state index contributed by atoms with van der Waals surface area (Å²) in [4.78, 5) is 40.0. The average molecular weight is 352 g/mol. The van der Waals surface area contributed by atoms with Crippen LogP contribution in [0.1, 0.15) is 29.8 Å². The summed E-state index contributed by atoms with van der Waals surface area (Å²) in [7, 11) is 0. The van der Waals surface area contributed by atoms with Gasteiger partial charge in [0.05, 0.1) is 12.1 Å². The number of amides is 1. The van der Waals surface area contributed by atoms with Crippen molar-refractivity contribution in [2.75, 3.05) is 4.90 Å². The van der Waals surface area contributed by atoms with E-state index >= 15 is 0 Å². The zero-order chi connectivity index (χ0) is 18.8. The van der Waals surface area contributed by atoms with Gasteiger partial charge in [0.2, 0.25) is 5.91 Å². The maximum atomic E-state index is 12.1. The molecule has 2 aromatic carbocycles. The lowest BCUT2D eigenvalue weighted by Crippen LogP contribution is -2.23. The van der Waals surface area contributed by atoms with E-state index in [2.05, 4.69) is 4.98 Å². The summed E-state index contributed by atoms with van der Waals surface area (Å²) < 4.78 is 5.66. The summed E-state index contributed by atoms with van der Waals surface area (Å²) in [6.45, 7) is 2.84. The number of oxazole rings is 1. The van der Waals surface area contributed by atoms with Gasteiger partial charge in [-0.15, -0.1) is 0 Å². The molecule has 0 aliphatic carbocycles. The van der Waals surface area contributed by atoms with Crippen LogP contribution in [0.5, 0.6) is 0 Å². The number of aromatic nitrogens is 1. The van der Waals surface area contributed by atoms with E-state index < -0.39 is 5.97 Å². The van der Waals surface area contributed by atoms with Crippen molar-refractivity contribution in [1.29, 1.82) is 0 Å². The highest BCUT2D eigenvalue weighted by molar-refractivity contribution is 5.99. The first-order valence-electron chi connectivity index (χ1n) is 7.88. The third kappa shape index (κ3) is 3.46. The smallest absolute Gasteiger partial charge is 0.310 e. The molecule has 0 aliphatic rings. The van der Waals surface area contributed by atoms with E-state index in [1.54, 1.807) is 42.5 Å². The number of anilines is 2. The molecule has 1 N–H and O–H groups in total. The number of rotatable bonds is 5. The van der Waals surface area contributed by atoms with Gasteiger partial charge < -0.3 is 9.52 Å². The molecule has 0 spiro atoms. The monoisotopic (exact) mass is 352 g/mol. The number of nitrogens with zero attached hydrogens (tertiary/aromatic N) is 2. The van der Waals surface area contributed by atoms with Gasteiger partial charge in [0, 0.05) is 12.5 Å². The van der Waals surface area contributed by atoms with Crippen LogP contribution in [0.3, 0.4) is 0 Å². The van der Waals surface area contributed by atoms with E-state index in [-0.39, 0.29) is 24.1 Å². The Morgan fingerprint density at radius 1 is 1.08 bits per heavy atom. The molecule has 1 heterocycles. The summed E-state index contributed by atoms with van der Waals surface area (Å²) in [6, 6.07) is 11.5. The van der Waals surface area contributed by atoms with Crippen molar-refractivity contribution < 1.29 is 23.9 Å². The number of benzene rings is 2. The second-order valence-electron chi connectivity index (χ2n) is 5.83. The zero-order valence-electron chi connectivity index (χ0n) is 14.2. The van der Waals surface area contributed by atoms with Crippen molar-refractivity contribution in [2.24, 2.45) is 0 Å². The molecule has 3 aromatic rings. The number of carboxylic acid groups (broad SMARTS) is 1. The van der Waals surface area contributed by atoms with Crippen molar-refractivity contribution >= 4 is 40.5 Å². The molecule has 0 saturated heterocycles. The van der Waals surface area contributed by atoms with Crippen LogP contribution in [-0.2, 0) is 16.0 Å². The first kappa shape index (κ1) is 17.3. The summed E-state index contributed by atoms with van der Waals surface area (Å²) in [5.41, 5.74) is 2.55. The Bertz CT molecular complexity index is 1000. The van der Waals surface area contributed by atoms with E-state index in [1.165, 1.54) is 18.7 Å². The lowest BCUT2D eigenvalue weighted by molar-refractivity contribution is -0.136. The predicted octanol–water partition coefficient (Wildman–Crippen LogP) is 3.34. The van der Waals surface area contributed by atoms with Crippen LogP contribution in [0.15, 0.2) is 46.9 Å². The first-order chi connectivity index (χ1) is 12.3. The number of fused-ring (bicyclic) bond motifs is 1. The highest BCUT2D eigenvalue weighted by Gasteiger charge is 2.21. The fraction of sp³-hybridized carbons (Fsp3) is 0.158.